The third-order valence-corrected chi connectivity index (χ3v) is 2.14. The molecule has 0 amide bonds. The zero-order chi connectivity index (χ0) is 15.9. The number of rotatable bonds is 5. The number of esters is 2. The van der Waals surface area contributed by atoms with Gasteiger partial charge in [0.1, 0.15) is 0 Å². The van der Waals surface area contributed by atoms with Crippen LogP contribution in [-0.2, 0) is 19.1 Å². The van der Waals surface area contributed by atoms with Gasteiger partial charge in [0.25, 0.3) is 0 Å². The van der Waals surface area contributed by atoms with Crippen LogP contribution in [0.1, 0.15) is 41.5 Å². The fraction of sp³-hybridized carbons (Fsp3) is 0.600. The smallest absolute Gasteiger partial charge is 0.336 e. The van der Waals surface area contributed by atoms with Gasteiger partial charge in [-0.15, -0.1) is 0 Å². The maximum atomic E-state index is 11.7. The van der Waals surface area contributed by atoms with Crippen LogP contribution in [-0.4, -0.2) is 29.9 Å². The van der Waals surface area contributed by atoms with Gasteiger partial charge in [-0.25, -0.2) is 9.59 Å². The van der Waals surface area contributed by atoms with E-state index in [-0.39, 0.29) is 11.0 Å². The van der Waals surface area contributed by atoms with Crippen molar-refractivity contribution < 1.29 is 24.2 Å². The van der Waals surface area contributed by atoms with Crippen molar-refractivity contribution in [1.82, 2.24) is 0 Å². The third kappa shape index (κ3) is 8.48. The normalized spacial score (nSPS) is 14.8. The summed E-state index contributed by atoms with van der Waals surface area (Å²) in [6, 6.07) is 0. The molecule has 0 bridgehead atoms. The van der Waals surface area contributed by atoms with Gasteiger partial charge in [0.05, 0.1) is 6.61 Å². The molecule has 1 unspecified atom stereocenters. The maximum Gasteiger partial charge on any atom is 0.336 e. The van der Waals surface area contributed by atoms with Crippen molar-refractivity contribution in [2.24, 2.45) is 5.41 Å². The van der Waals surface area contributed by atoms with Crippen LogP contribution in [0.25, 0.3) is 0 Å². The van der Waals surface area contributed by atoms with E-state index in [0.717, 1.165) is 0 Å². The molecular weight excluding hydrogens is 260 g/mol. The van der Waals surface area contributed by atoms with E-state index in [1.54, 1.807) is 6.92 Å². The number of allylic oxidation sites excluding steroid dienone is 2. The van der Waals surface area contributed by atoms with Gasteiger partial charge < -0.3 is 14.6 Å². The first-order valence-corrected chi connectivity index (χ1v) is 6.44. The molecule has 0 fully saturated rings. The van der Waals surface area contributed by atoms with Crippen LogP contribution in [0.15, 0.2) is 23.3 Å². The minimum Gasteiger partial charge on any atom is -0.462 e. The Balaban J connectivity index is 4.57. The van der Waals surface area contributed by atoms with Gasteiger partial charge in [0.2, 0.25) is 0 Å². The topological polar surface area (TPSA) is 72.8 Å². The zero-order valence-electron chi connectivity index (χ0n) is 13.0. The molecule has 0 rings (SSSR count). The van der Waals surface area contributed by atoms with Crippen molar-refractivity contribution in [1.29, 1.82) is 0 Å². The zero-order valence-corrected chi connectivity index (χ0v) is 13.0. The first-order valence-electron chi connectivity index (χ1n) is 6.44. The molecule has 0 saturated carbocycles. The summed E-state index contributed by atoms with van der Waals surface area (Å²) in [5.41, 5.74) is 0.579. The molecule has 1 atom stereocenters. The van der Waals surface area contributed by atoms with Crippen molar-refractivity contribution in [3.05, 3.63) is 23.3 Å². The van der Waals surface area contributed by atoms with Crippen LogP contribution in [0, 0.1) is 5.41 Å². The molecular formula is C15H24O5. The molecule has 0 aromatic carbocycles. The first-order chi connectivity index (χ1) is 9.03. The molecule has 0 radical (unpaired) electrons. The highest BCUT2D eigenvalue weighted by Gasteiger charge is 2.14. The molecule has 0 aliphatic rings. The minimum absolute atomic E-state index is 0.0945. The van der Waals surface area contributed by atoms with Crippen LogP contribution >= 0.6 is 0 Å². The molecule has 114 valence electrons. The van der Waals surface area contributed by atoms with Crippen molar-refractivity contribution >= 4 is 11.9 Å². The molecule has 0 heterocycles. The number of hydrogen-bond acceptors (Lipinski definition) is 5. The lowest BCUT2D eigenvalue weighted by Gasteiger charge is -2.17. The number of aliphatic hydroxyl groups excluding tert-OH is 1. The van der Waals surface area contributed by atoms with Crippen molar-refractivity contribution in [2.45, 2.75) is 47.8 Å². The highest BCUT2D eigenvalue weighted by atomic mass is 16.6. The molecule has 0 saturated heterocycles. The lowest BCUT2D eigenvalue weighted by atomic mass is 9.99. The molecule has 0 aliphatic carbocycles. The summed E-state index contributed by atoms with van der Waals surface area (Å²) in [5, 5.41) is 8.92. The predicted molar refractivity (Wildman–Crippen MR) is 75.7 cm³/mol. The fourth-order valence-corrected chi connectivity index (χ4v) is 1.03. The minimum atomic E-state index is -1.16. The van der Waals surface area contributed by atoms with E-state index in [2.05, 4.69) is 4.74 Å². The number of ether oxygens (including phenoxy) is 2. The largest absolute Gasteiger partial charge is 0.462 e. The van der Waals surface area contributed by atoms with Crippen molar-refractivity contribution in [3.63, 3.8) is 0 Å². The molecule has 20 heavy (non-hydrogen) atoms. The second kappa shape index (κ2) is 7.85. The Morgan fingerprint density at radius 1 is 1.10 bits per heavy atom. The number of hydrogen-bond donors (Lipinski definition) is 1. The van der Waals surface area contributed by atoms with Crippen LogP contribution < -0.4 is 0 Å². The Morgan fingerprint density at radius 3 is 1.95 bits per heavy atom. The van der Waals surface area contributed by atoms with Gasteiger partial charge in [0, 0.05) is 11.1 Å². The Kier molecular flexibility index (Phi) is 7.21. The summed E-state index contributed by atoms with van der Waals surface area (Å²) in [6.45, 7) is 10.7. The van der Waals surface area contributed by atoms with Crippen molar-refractivity contribution in [3.8, 4) is 0 Å². The Bertz CT molecular complexity index is 410. The van der Waals surface area contributed by atoms with Gasteiger partial charge in [-0.05, 0) is 26.2 Å². The summed E-state index contributed by atoms with van der Waals surface area (Å²) in [6.07, 6.45) is 1.79. The van der Waals surface area contributed by atoms with E-state index in [0.29, 0.717) is 12.2 Å². The number of aliphatic hydroxyl groups is 1. The van der Waals surface area contributed by atoms with Crippen LogP contribution in [0.5, 0.6) is 0 Å². The van der Waals surface area contributed by atoms with E-state index in [4.69, 9.17) is 9.84 Å². The van der Waals surface area contributed by atoms with Gasteiger partial charge in [0.15, 0.2) is 6.29 Å². The van der Waals surface area contributed by atoms with Crippen LogP contribution in [0.3, 0.4) is 0 Å². The second-order valence-electron chi connectivity index (χ2n) is 5.84. The van der Waals surface area contributed by atoms with Gasteiger partial charge in [-0.1, -0.05) is 32.9 Å². The van der Waals surface area contributed by atoms with Crippen molar-refractivity contribution in [2.75, 3.05) is 6.61 Å². The van der Waals surface area contributed by atoms with E-state index < -0.39 is 18.2 Å². The Labute approximate surface area is 120 Å². The maximum absolute atomic E-state index is 11.7. The standard InChI is InChI=1S/C15H24O5/c1-10(13(17)19-9-15(4,5)6)7-8-11(2)14(18)20-12(3)16/h7-8,12,16H,9H2,1-6H3/b10-7+,11-8+. The monoisotopic (exact) mass is 284 g/mol. The lowest BCUT2D eigenvalue weighted by molar-refractivity contribution is -0.159. The summed E-state index contributed by atoms with van der Waals surface area (Å²) < 4.78 is 9.73. The fourth-order valence-electron chi connectivity index (χ4n) is 1.03. The van der Waals surface area contributed by atoms with Gasteiger partial charge in [-0.2, -0.15) is 0 Å². The third-order valence-electron chi connectivity index (χ3n) is 2.14. The highest BCUT2D eigenvalue weighted by molar-refractivity contribution is 5.90. The van der Waals surface area contributed by atoms with Crippen LogP contribution in [0.2, 0.25) is 0 Å². The quantitative estimate of drug-likeness (QED) is 0.363. The van der Waals surface area contributed by atoms with Gasteiger partial charge in [-0.3, -0.25) is 0 Å². The van der Waals surface area contributed by atoms with E-state index >= 15 is 0 Å². The molecule has 5 heteroatoms. The SMILES string of the molecule is C/C(=C\C=C(/C)C(=O)OC(C)O)C(=O)OCC(C)(C)C. The highest BCUT2D eigenvalue weighted by Crippen LogP contribution is 2.14. The summed E-state index contributed by atoms with van der Waals surface area (Å²) in [4.78, 5) is 23.1. The van der Waals surface area contributed by atoms with E-state index in [1.807, 2.05) is 20.8 Å². The molecule has 0 spiro atoms. The average Bonchev–Trinajstić information content (AvgIpc) is 2.30. The number of carbonyl (C=O) groups excluding carboxylic acids is 2. The lowest BCUT2D eigenvalue weighted by Crippen LogP contribution is -2.18. The number of carbonyl (C=O) groups is 2. The molecule has 0 aliphatic heterocycles. The van der Waals surface area contributed by atoms with E-state index in [1.165, 1.54) is 26.0 Å². The Morgan fingerprint density at radius 2 is 1.55 bits per heavy atom. The molecule has 1 N–H and O–H groups in total. The molecule has 5 nitrogen and oxygen atoms in total. The van der Waals surface area contributed by atoms with E-state index in [9.17, 15) is 9.59 Å². The first kappa shape index (κ1) is 18.4. The molecule has 0 aromatic heterocycles. The Hall–Kier alpha value is -1.62. The average molecular weight is 284 g/mol. The van der Waals surface area contributed by atoms with Gasteiger partial charge >= 0.3 is 11.9 Å². The summed E-state index contributed by atoms with van der Waals surface area (Å²) >= 11 is 0. The second-order valence-corrected chi connectivity index (χ2v) is 5.84. The van der Waals surface area contributed by atoms with Crippen LogP contribution in [0.4, 0.5) is 0 Å². The predicted octanol–water partition coefficient (Wildman–Crippen LogP) is 2.35. The summed E-state index contributed by atoms with van der Waals surface area (Å²) in [7, 11) is 0. The molecule has 0 aromatic rings. The summed E-state index contributed by atoms with van der Waals surface area (Å²) in [5.74, 6) is -1.06.